The van der Waals surface area contributed by atoms with Gasteiger partial charge in [0.1, 0.15) is 0 Å². The van der Waals surface area contributed by atoms with Gasteiger partial charge in [0, 0.05) is 0 Å². The van der Waals surface area contributed by atoms with E-state index in [1.807, 2.05) is 0 Å². The lowest BCUT2D eigenvalue weighted by molar-refractivity contribution is 0.225. The molecule has 0 nitrogen and oxygen atoms in total. The zero-order valence-corrected chi connectivity index (χ0v) is 12.7. The van der Waals surface area contributed by atoms with Crippen LogP contribution in [0.4, 0.5) is 0 Å². The summed E-state index contributed by atoms with van der Waals surface area (Å²) in [5, 5.41) is 0. The van der Waals surface area contributed by atoms with Crippen LogP contribution in [0.1, 0.15) is 40.2 Å². The second-order valence-corrected chi connectivity index (χ2v) is 6.82. The topological polar surface area (TPSA) is 0 Å². The summed E-state index contributed by atoms with van der Waals surface area (Å²) in [5.41, 5.74) is 4.39. The lowest BCUT2D eigenvalue weighted by atomic mass is 9.65. The highest BCUT2D eigenvalue weighted by molar-refractivity contribution is 5.63. The van der Waals surface area contributed by atoms with Crippen LogP contribution in [-0.2, 0) is 5.41 Å². The fourth-order valence-corrected chi connectivity index (χ4v) is 2.14. The largest absolute Gasteiger partial charge is 0.0622 e. The quantitative estimate of drug-likeness (QED) is 0.645. The van der Waals surface area contributed by atoms with Crippen molar-refractivity contribution in [1.29, 1.82) is 0 Å². The predicted molar refractivity (Wildman–Crippen MR) is 84.4 cm³/mol. The minimum Gasteiger partial charge on any atom is -0.0622 e. The number of hydrogen-bond donors (Lipinski definition) is 0. The monoisotopic (exact) mass is 252 g/mol. The maximum Gasteiger partial charge on any atom is -0.00551 e. The van der Waals surface area contributed by atoms with Crippen LogP contribution in [-0.4, -0.2) is 0 Å². The van der Waals surface area contributed by atoms with Gasteiger partial charge in [0.05, 0.1) is 0 Å². The fraction of sp³-hybridized carbons (Fsp3) is 0.368. The van der Waals surface area contributed by atoms with E-state index in [0.29, 0.717) is 0 Å². The van der Waals surface area contributed by atoms with Crippen molar-refractivity contribution in [1.82, 2.24) is 0 Å². The van der Waals surface area contributed by atoms with Crippen LogP contribution in [0.15, 0.2) is 54.6 Å². The van der Waals surface area contributed by atoms with Crippen LogP contribution in [0.2, 0.25) is 0 Å². The van der Waals surface area contributed by atoms with E-state index in [0.717, 1.165) is 0 Å². The third kappa shape index (κ3) is 2.73. The van der Waals surface area contributed by atoms with Crippen LogP contribution in [0.5, 0.6) is 0 Å². The van der Waals surface area contributed by atoms with E-state index in [1.165, 1.54) is 16.7 Å². The van der Waals surface area contributed by atoms with Crippen molar-refractivity contribution in [2.24, 2.45) is 5.41 Å². The molecule has 2 aromatic carbocycles. The Morgan fingerprint density at radius 1 is 0.579 bits per heavy atom. The highest BCUT2D eigenvalue weighted by Gasteiger charge is 2.34. The van der Waals surface area contributed by atoms with Crippen LogP contribution >= 0.6 is 0 Å². The normalized spacial score (nSPS) is 12.5. The Hall–Kier alpha value is -1.56. The molecule has 0 aliphatic rings. The molecule has 0 aromatic heterocycles. The molecule has 0 amide bonds. The van der Waals surface area contributed by atoms with Crippen molar-refractivity contribution < 1.29 is 0 Å². The maximum absolute atomic E-state index is 2.32. The standard InChI is InChI=1S/C19H24/c1-18(2,3)19(4,5)17-13-11-16(12-14-17)15-9-7-6-8-10-15/h6-14H,1-5H3. The lowest BCUT2D eigenvalue weighted by Gasteiger charge is -2.39. The molecule has 0 fully saturated rings. The Balaban J connectivity index is 2.35. The van der Waals surface area contributed by atoms with Crippen molar-refractivity contribution in [2.45, 2.75) is 40.0 Å². The molecule has 0 heterocycles. The van der Waals surface area contributed by atoms with Crippen molar-refractivity contribution in [3.05, 3.63) is 60.2 Å². The average Bonchev–Trinajstić information content (AvgIpc) is 2.39. The molecule has 0 saturated heterocycles. The van der Waals surface area contributed by atoms with Gasteiger partial charge in [0.25, 0.3) is 0 Å². The molecule has 0 aliphatic heterocycles. The van der Waals surface area contributed by atoms with E-state index in [4.69, 9.17) is 0 Å². The molecule has 0 saturated carbocycles. The Bertz CT molecular complexity index is 525. The van der Waals surface area contributed by atoms with E-state index in [2.05, 4.69) is 89.2 Å². The van der Waals surface area contributed by atoms with Crippen LogP contribution in [0, 0.1) is 5.41 Å². The molecular formula is C19H24. The number of benzene rings is 2. The van der Waals surface area contributed by atoms with Gasteiger partial charge >= 0.3 is 0 Å². The molecule has 0 radical (unpaired) electrons. The fourth-order valence-electron chi connectivity index (χ4n) is 2.14. The first-order chi connectivity index (χ1) is 8.82. The Morgan fingerprint density at radius 3 is 1.53 bits per heavy atom. The van der Waals surface area contributed by atoms with Crippen molar-refractivity contribution >= 4 is 0 Å². The smallest absolute Gasteiger partial charge is 0.00551 e. The van der Waals surface area contributed by atoms with Crippen molar-refractivity contribution in [3.63, 3.8) is 0 Å². The predicted octanol–water partition coefficient (Wildman–Crippen LogP) is 5.68. The van der Waals surface area contributed by atoms with E-state index in [1.54, 1.807) is 0 Å². The molecule has 0 bridgehead atoms. The minimum absolute atomic E-state index is 0.169. The van der Waals surface area contributed by atoms with Gasteiger partial charge in [-0.2, -0.15) is 0 Å². The van der Waals surface area contributed by atoms with Crippen molar-refractivity contribution in [3.8, 4) is 11.1 Å². The van der Waals surface area contributed by atoms with E-state index in [9.17, 15) is 0 Å². The molecule has 0 atom stereocenters. The van der Waals surface area contributed by atoms with Gasteiger partial charge in [0.2, 0.25) is 0 Å². The third-order valence-corrected chi connectivity index (χ3v) is 4.59. The van der Waals surface area contributed by atoms with E-state index < -0.39 is 0 Å². The summed E-state index contributed by atoms with van der Waals surface area (Å²) < 4.78 is 0. The molecule has 0 heteroatoms. The molecule has 0 unspecified atom stereocenters. The minimum atomic E-state index is 0.169. The second-order valence-electron chi connectivity index (χ2n) is 6.82. The molecule has 0 spiro atoms. The molecule has 2 rings (SSSR count). The van der Waals surface area contributed by atoms with Gasteiger partial charge in [-0.1, -0.05) is 89.2 Å². The van der Waals surface area contributed by atoms with Gasteiger partial charge in [-0.05, 0) is 27.5 Å². The van der Waals surface area contributed by atoms with Crippen LogP contribution in [0.3, 0.4) is 0 Å². The molecule has 0 N–H and O–H groups in total. The van der Waals surface area contributed by atoms with Gasteiger partial charge in [-0.3, -0.25) is 0 Å². The highest BCUT2D eigenvalue weighted by Crippen LogP contribution is 2.41. The molecule has 19 heavy (non-hydrogen) atoms. The summed E-state index contributed by atoms with van der Waals surface area (Å²) in [6.07, 6.45) is 0. The summed E-state index contributed by atoms with van der Waals surface area (Å²) in [6, 6.07) is 19.6. The van der Waals surface area contributed by atoms with Crippen LogP contribution in [0.25, 0.3) is 11.1 Å². The zero-order valence-electron chi connectivity index (χ0n) is 12.7. The van der Waals surface area contributed by atoms with Gasteiger partial charge < -0.3 is 0 Å². The highest BCUT2D eigenvalue weighted by atomic mass is 14.4. The molecule has 0 aliphatic carbocycles. The number of rotatable bonds is 2. The molecule has 100 valence electrons. The van der Waals surface area contributed by atoms with Gasteiger partial charge in [-0.25, -0.2) is 0 Å². The van der Waals surface area contributed by atoms with E-state index >= 15 is 0 Å². The Kier molecular flexibility index (Phi) is 3.54. The number of hydrogen-bond acceptors (Lipinski definition) is 0. The zero-order chi connectivity index (χ0) is 14.1. The van der Waals surface area contributed by atoms with Gasteiger partial charge in [-0.15, -0.1) is 0 Å². The van der Waals surface area contributed by atoms with E-state index in [-0.39, 0.29) is 10.8 Å². The summed E-state index contributed by atoms with van der Waals surface area (Å²) in [6.45, 7) is 11.6. The Labute approximate surface area is 117 Å². The SMILES string of the molecule is CC(C)(C)C(C)(C)c1ccc(-c2ccccc2)cc1. The third-order valence-electron chi connectivity index (χ3n) is 4.59. The molecular weight excluding hydrogens is 228 g/mol. The second kappa shape index (κ2) is 4.85. The molecule has 2 aromatic rings. The Morgan fingerprint density at radius 2 is 1.05 bits per heavy atom. The average molecular weight is 252 g/mol. The maximum atomic E-state index is 2.32. The first-order valence-corrected chi connectivity index (χ1v) is 6.98. The van der Waals surface area contributed by atoms with Gasteiger partial charge in [0.15, 0.2) is 0 Å². The lowest BCUT2D eigenvalue weighted by Crippen LogP contribution is -2.33. The summed E-state index contributed by atoms with van der Waals surface area (Å²) in [7, 11) is 0. The summed E-state index contributed by atoms with van der Waals surface area (Å²) in [5.74, 6) is 0. The first-order valence-electron chi connectivity index (χ1n) is 6.98. The first kappa shape index (κ1) is 13.9. The summed E-state index contributed by atoms with van der Waals surface area (Å²) in [4.78, 5) is 0. The summed E-state index contributed by atoms with van der Waals surface area (Å²) >= 11 is 0. The van der Waals surface area contributed by atoms with Crippen molar-refractivity contribution in [2.75, 3.05) is 0 Å². The van der Waals surface area contributed by atoms with Crippen LogP contribution < -0.4 is 0 Å².